The second kappa shape index (κ2) is 9.03. The van der Waals surface area contributed by atoms with Crippen molar-refractivity contribution in [1.82, 2.24) is 19.2 Å². The zero-order valence-corrected chi connectivity index (χ0v) is 20.3. The Labute approximate surface area is 206 Å². The first-order valence-corrected chi connectivity index (χ1v) is 11.5. The van der Waals surface area contributed by atoms with Gasteiger partial charge in [0.15, 0.2) is 11.4 Å². The minimum Gasteiger partial charge on any atom is -0.485 e. The van der Waals surface area contributed by atoms with Crippen LogP contribution in [0.5, 0.6) is 5.75 Å². The summed E-state index contributed by atoms with van der Waals surface area (Å²) in [6.07, 6.45) is 1.60. The van der Waals surface area contributed by atoms with Crippen molar-refractivity contribution in [2.24, 2.45) is 0 Å². The van der Waals surface area contributed by atoms with Gasteiger partial charge in [-0.2, -0.15) is 5.10 Å². The van der Waals surface area contributed by atoms with E-state index in [1.807, 2.05) is 43.7 Å². The van der Waals surface area contributed by atoms with Gasteiger partial charge in [0.1, 0.15) is 23.9 Å². The first kappa shape index (κ1) is 23.4. The van der Waals surface area contributed by atoms with Crippen LogP contribution in [0.2, 0.25) is 0 Å². The molecule has 0 radical (unpaired) electrons. The number of halogens is 2. The third kappa shape index (κ3) is 4.15. The van der Waals surface area contributed by atoms with E-state index in [2.05, 4.69) is 11.1 Å². The highest BCUT2D eigenvalue weighted by Gasteiger charge is 2.19. The number of rotatable bonds is 5. The van der Waals surface area contributed by atoms with Crippen molar-refractivity contribution >= 4 is 5.65 Å². The highest BCUT2D eigenvalue weighted by Crippen LogP contribution is 2.26. The monoisotopic (exact) mass is 486 g/mol. The number of benzene rings is 2. The van der Waals surface area contributed by atoms with Crippen LogP contribution >= 0.6 is 0 Å². The Morgan fingerprint density at radius 2 is 1.78 bits per heavy atom. The van der Waals surface area contributed by atoms with Gasteiger partial charge in [0.2, 0.25) is 0 Å². The quantitative estimate of drug-likeness (QED) is 0.323. The van der Waals surface area contributed by atoms with E-state index in [4.69, 9.17) is 9.84 Å². The molecule has 0 saturated carbocycles. The molecule has 3 heterocycles. The molecule has 8 heteroatoms. The molecule has 3 aromatic heterocycles. The normalized spacial score (nSPS) is 11.3. The van der Waals surface area contributed by atoms with Crippen LogP contribution in [0.15, 0.2) is 65.6 Å². The summed E-state index contributed by atoms with van der Waals surface area (Å²) in [6.45, 7) is 7.62. The van der Waals surface area contributed by atoms with Crippen LogP contribution in [-0.2, 0) is 6.61 Å². The summed E-state index contributed by atoms with van der Waals surface area (Å²) in [4.78, 5) is 18.2. The van der Waals surface area contributed by atoms with Gasteiger partial charge in [0.05, 0.1) is 16.9 Å². The Morgan fingerprint density at radius 3 is 2.53 bits per heavy atom. The smallest absolute Gasteiger partial charge is 0.267 e. The molecule has 5 aromatic rings. The van der Waals surface area contributed by atoms with Crippen LogP contribution in [0, 0.1) is 39.3 Å². The predicted molar refractivity (Wildman–Crippen MR) is 134 cm³/mol. The standard InChI is InChI=1S/C28H24F2N4O2/c1-16-7-10-24(17(2)12-16)34-18(3)13-23(32-34)26-19(4)31-27-25(6-5-11-33(27)28(26)35)36-15-20-8-9-21(29)14-22(20)30/h5-14H,15H2,1-4H3. The lowest BCUT2D eigenvalue weighted by Crippen LogP contribution is -2.19. The summed E-state index contributed by atoms with van der Waals surface area (Å²) in [7, 11) is 0. The maximum absolute atomic E-state index is 14.0. The molecule has 2 aromatic carbocycles. The fraction of sp³-hybridized carbons (Fsp3) is 0.179. The molecule has 0 aliphatic heterocycles. The van der Waals surface area contributed by atoms with Crippen LogP contribution in [0.4, 0.5) is 8.78 Å². The van der Waals surface area contributed by atoms with Gasteiger partial charge in [-0.25, -0.2) is 18.4 Å². The third-order valence-electron chi connectivity index (χ3n) is 6.12. The first-order valence-electron chi connectivity index (χ1n) is 11.5. The molecule has 0 spiro atoms. The van der Waals surface area contributed by atoms with Gasteiger partial charge in [-0.3, -0.25) is 9.20 Å². The van der Waals surface area contributed by atoms with Crippen molar-refractivity contribution in [1.29, 1.82) is 0 Å². The zero-order chi connectivity index (χ0) is 25.6. The summed E-state index contributed by atoms with van der Waals surface area (Å²) in [6, 6.07) is 14.6. The fourth-order valence-electron chi connectivity index (χ4n) is 4.33. The van der Waals surface area contributed by atoms with Crippen LogP contribution in [0.25, 0.3) is 22.6 Å². The second-order valence-corrected chi connectivity index (χ2v) is 8.84. The third-order valence-corrected chi connectivity index (χ3v) is 6.12. The lowest BCUT2D eigenvalue weighted by atomic mass is 10.1. The van der Waals surface area contributed by atoms with Gasteiger partial charge in [0.25, 0.3) is 5.56 Å². The van der Waals surface area contributed by atoms with Crippen molar-refractivity contribution in [2.45, 2.75) is 34.3 Å². The molecular formula is C28H24F2N4O2. The Kier molecular flexibility index (Phi) is 5.88. The highest BCUT2D eigenvalue weighted by atomic mass is 19.1. The number of ether oxygens (including phenoxy) is 1. The molecule has 0 fully saturated rings. The van der Waals surface area contributed by atoms with Crippen LogP contribution in [0.3, 0.4) is 0 Å². The first-order chi connectivity index (χ1) is 17.2. The lowest BCUT2D eigenvalue weighted by Gasteiger charge is -2.12. The van der Waals surface area contributed by atoms with Gasteiger partial charge in [-0.05, 0) is 69.7 Å². The van der Waals surface area contributed by atoms with Gasteiger partial charge >= 0.3 is 0 Å². The number of nitrogens with zero attached hydrogens (tertiary/aromatic N) is 4. The number of hydrogen-bond acceptors (Lipinski definition) is 4. The minimum atomic E-state index is -0.700. The van der Waals surface area contributed by atoms with Crippen molar-refractivity contribution < 1.29 is 13.5 Å². The SMILES string of the molecule is Cc1ccc(-n2nc(-c3c(C)nc4c(OCc5ccc(F)cc5F)cccn4c3=O)cc2C)c(C)c1. The van der Waals surface area contributed by atoms with Gasteiger partial charge in [-0.15, -0.1) is 0 Å². The van der Waals surface area contributed by atoms with Gasteiger partial charge < -0.3 is 4.74 Å². The summed E-state index contributed by atoms with van der Waals surface area (Å²) in [5.41, 5.74) is 5.69. The molecule has 6 nitrogen and oxygen atoms in total. The van der Waals surface area contributed by atoms with Crippen molar-refractivity contribution in [3.05, 3.63) is 111 Å². The molecule has 0 saturated heterocycles. The predicted octanol–water partition coefficient (Wildman–Crippen LogP) is 5.64. The molecule has 5 rings (SSSR count). The van der Waals surface area contributed by atoms with E-state index in [-0.39, 0.29) is 17.7 Å². The van der Waals surface area contributed by atoms with E-state index in [1.54, 1.807) is 25.3 Å². The molecule has 36 heavy (non-hydrogen) atoms. The number of hydrogen-bond donors (Lipinski definition) is 0. The van der Waals surface area contributed by atoms with Gasteiger partial charge in [0, 0.05) is 23.5 Å². The van der Waals surface area contributed by atoms with E-state index >= 15 is 0 Å². The Hall–Kier alpha value is -4.33. The number of aryl methyl sites for hydroxylation is 4. The fourth-order valence-corrected chi connectivity index (χ4v) is 4.33. The molecule has 182 valence electrons. The van der Waals surface area contributed by atoms with Crippen LogP contribution < -0.4 is 10.3 Å². The van der Waals surface area contributed by atoms with Crippen molar-refractivity contribution in [2.75, 3.05) is 0 Å². The van der Waals surface area contributed by atoms with E-state index in [0.717, 1.165) is 28.6 Å². The molecular weight excluding hydrogens is 462 g/mol. The van der Waals surface area contributed by atoms with Crippen molar-refractivity contribution in [3.8, 4) is 22.7 Å². The van der Waals surface area contributed by atoms with Gasteiger partial charge in [-0.1, -0.05) is 17.7 Å². The number of fused-ring (bicyclic) bond motifs is 1. The maximum Gasteiger partial charge on any atom is 0.267 e. The van der Waals surface area contributed by atoms with Crippen molar-refractivity contribution in [3.63, 3.8) is 0 Å². The summed E-state index contributed by atoms with van der Waals surface area (Å²) < 4.78 is 36.2. The number of aromatic nitrogens is 4. The van der Waals surface area contributed by atoms with E-state index < -0.39 is 11.6 Å². The zero-order valence-electron chi connectivity index (χ0n) is 20.3. The topological polar surface area (TPSA) is 61.4 Å². The Morgan fingerprint density at radius 1 is 0.972 bits per heavy atom. The second-order valence-electron chi connectivity index (χ2n) is 8.84. The summed E-state index contributed by atoms with van der Waals surface area (Å²) in [5.74, 6) is -1.05. The average Bonchev–Trinajstić information content (AvgIpc) is 3.19. The Bertz CT molecular complexity index is 1690. The largest absolute Gasteiger partial charge is 0.485 e. The molecule has 0 aliphatic rings. The van der Waals surface area contributed by atoms with E-state index in [0.29, 0.717) is 28.3 Å². The molecule has 0 bridgehead atoms. The van der Waals surface area contributed by atoms with Crippen LogP contribution in [-0.4, -0.2) is 19.2 Å². The summed E-state index contributed by atoms with van der Waals surface area (Å²) in [5, 5.41) is 4.74. The average molecular weight is 487 g/mol. The Balaban J connectivity index is 1.55. The van der Waals surface area contributed by atoms with E-state index in [9.17, 15) is 13.6 Å². The maximum atomic E-state index is 14.0. The molecule has 0 aliphatic carbocycles. The summed E-state index contributed by atoms with van der Waals surface area (Å²) >= 11 is 0. The minimum absolute atomic E-state index is 0.137. The van der Waals surface area contributed by atoms with Crippen LogP contribution in [0.1, 0.15) is 28.1 Å². The highest BCUT2D eigenvalue weighted by molar-refractivity contribution is 5.66. The van der Waals surface area contributed by atoms with E-state index in [1.165, 1.54) is 16.5 Å². The lowest BCUT2D eigenvalue weighted by molar-refractivity contribution is 0.301. The molecule has 0 amide bonds. The molecule has 0 unspecified atom stereocenters. The number of pyridine rings is 1. The molecule has 0 N–H and O–H groups in total. The molecule has 0 atom stereocenters.